The number of methoxy groups -OCH3 is 3. The number of rotatable bonds is 6. The van der Waals surface area contributed by atoms with E-state index in [-0.39, 0.29) is 10.7 Å². The molecule has 2 aromatic carbocycles. The Morgan fingerprint density at radius 3 is 2.37 bits per heavy atom. The van der Waals surface area contributed by atoms with Gasteiger partial charge in [0.05, 0.1) is 26.8 Å². The largest absolute Gasteiger partial charge is 0.493 e. The first-order valence-corrected chi connectivity index (χ1v) is 8.85. The van der Waals surface area contributed by atoms with Crippen LogP contribution in [-0.2, 0) is 0 Å². The number of ether oxygens (including phenoxy) is 3. The molecule has 3 aromatic rings. The number of fused-ring (bicyclic) bond motifs is 1. The molecular weight excluding hydrogens is 366 g/mol. The van der Waals surface area contributed by atoms with Gasteiger partial charge in [0.25, 0.3) is 0 Å². The monoisotopic (exact) mass is 383 g/mol. The van der Waals surface area contributed by atoms with Crippen LogP contribution in [0.2, 0.25) is 0 Å². The maximum atomic E-state index is 12.5. The summed E-state index contributed by atoms with van der Waals surface area (Å²) in [6.07, 6.45) is 3.15. The standard InChI is InChI=1S/C20H17NO5S/c1-24-17-8-12(9-18(25-2)19(17)26-3)4-7-16(22)13-5-6-15-14(10-13)11-27-20(23)21-15/h4-11H,1-3H3. The first-order valence-electron chi connectivity index (χ1n) is 7.97. The lowest BCUT2D eigenvalue weighted by Gasteiger charge is -2.12. The van der Waals surface area contributed by atoms with Crippen molar-refractivity contribution in [1.82, 2.24) is 4.98 Å². The summed E-state index contributed by atoms with van der Waals surface area (Å²) < 4.78 is 15.9. The van der Waals surface area contributed by atoms with Crippen molar-refractivity contribution in [2.75, 3.05) is 21.3 Å². The Bertz CT molecular complexity index is 1060. The third-order valence-corrected chi connectivity index (χ3v) is 4.59. The van der Waals surface area contributed by atoms with Crippen molar-refractivity contribution >= 4 is 34.1 Å². The van der Waals surface area contributed by atoms with Crippen molar-refractivity contribution in [2.45, 2.75) is 0 Å². The van der Waals surface area contributed by atoms with Crippen molar-refractivity contribution in [3.63, 3.8) is 0 Å². The summed E-state index contributed by atoms with van der Waals surface area (Å²) in [5, 5.41) is 2.45. The van der Waals surface area contributed by atoms with E-state index < -0.39 is 0 Å². The molecule has 0 spiro atoms. The molecule has 27 heavy (non-hydrogen) atoms. The normalized spacial score (nSPS) is 10.9. The summed E-state index contributed by atoms with van der Waals surface area (Å²) in [6.45, 7) is 0. The molecule has 0 unspecified atom stereocenters. The van der Waals surface area contributed by atoms with Crippen LogP contribution >= 0.6 is 11.3 Å². The molecule has 0 atom stereocenters. The lowest BCUT2D eigenvalue weighted by molar-refractivity contribution is 0.104. The molecule has 138 valence electrons. The van der Waals surface area contributed by atoms with E-state index in [2.05, 4.69) is 4.98 Å². The van der Waals surface area contributed by atoms with Crippen LogP contribution in [-0.4, -0.2) is 32.1 Å². The van der Waals surface area contributed by atoms with Gasteiger partial charge in [0, 0.05) is 16.3 Å². The van der Waals surface area contributed by atoms with Crippen LogP contribution in [0.25, 0.3) is 17.0 Å². The Kier molecular flexibility index (Phi) is 5.52. The topological polar surface area (TPSA) is 74.7 Å². The van der Waals surface area contributed by atoms with E-state index >= 15 is 0 Å². The fourth-order valence-corrected chi connectivity index (χ4v) is 3.18. The van der Waals surface area contributed by atoms with Gasteiger partial charge in [-0.1, -0.05) is 17.4 Å². The summed E-state index contributed by atoms with van der Waals surface area (Å²) in [4.78, 5) is 27.5. The Morgan fingerprint density at radius 1 is 1.04 bits per heavy atom. The van der Waals surface area contributed by atoms with Crippen molar-refractivity contribution in [1.29, 1.82) is 0 Å². The molecular formula is C20H17NO5S. The second-order valence-electron chi connectivity index (χ2n) is 5.54. The van der Waals surface area contributed by atoms with Gasteiger partial charge in [-0.2, -0.15) is 4.98 Å². The lowest BCUT2D eigenvalue weighted by Crippen LogP contribution is -2.00. The van der Waals surface area contributed by atoms with E-state index in [1.54, 1.807) is 41.8 Å². The van der Waals surface area contributed by atoms with Crippen LogP contribution in [0.1, 0.15) is 15.9 Å². The van der Waals surface area contributed by atoms with Gasteiger partial charge in [0.15, 0.2) is 17.3 Å². The van der Waals surface area contributed by atoms with E-state index in [4.69, 9.17) is 14.2 Å². The highest BCUT2D eigenvalue weighted by Gasteiger charge is 2.12. The molecule has 0 amide bonds. The minimum atomic E-state index is -0.260. The number of benzene rings is 2. The molecule has 0 radical (unpaired) electrons. The molecule has 1 aromatic heterocycles. The highest BCUT2D eigenvalue weighted by molar-refractivity contribution is 7.07. The summed E-state index contributed by atoms with van der Waals surface area (Å²) in [6, 6.07) is 8.56. The predicted octanol–water partition coefficient (Wildman–Crippen LogP) is 3.58. The molecule has 1 heterocycles. The van der Waals surface area contributed by atoms with E-state index in [1.807, 2.05) is 0 Å². The van der Waals surface area contributed by atoms with Crippen LogP contribution in [0.3, 0.4) is 0 Å². The van der Waals surface area contributed by atoms with Gasteiger partial charge >= 0.3 is 4.87 Å². The van der Waals surface area contributed by atoms with E-state index in [0.29, 0.717) is 28.3 Å². The number of hydrogen-bond donors (Lipinski definition) is 0. The van der Waals surface area contributed by atoms with Gasteiger partial charge in [0.1, 0.15) is 0 Å². The van der Waals surface area contributed by atoms with Crippen molar-refractivity contribution in [3.05, 3.63) is 62.6 Å². The van der Waals surface area contributed by atoms with Gasteiger partial charge in [-0.15, -0.1) is 0 Å². The summed E-state index contributed by atoms with van der Waals surface area (Å²) in [5.74, 6) is 1.35. The van der Waals surface area contributed by atoms with Crippen LogP contribution in [0.15, 0.2) is 46.6 Å². The van der Waals surface area contributed by atoms with E-state index in [1.165, 1.54) is 27.4 Å². The highest BCUT2D eigenvalue weighted by Crippen LogP contribution is 2.38. The number of aromatic nitrogens is 1. The molecule has 0 aliphatic rings. The number of allylic oxidation sites excluding steroid dienone is 1. The van der Waals surface area contributed by atoms with Crippen molar-refractivity contribution < 1.29 is 19.0 Å². The Hall–Kier alpha value is -3.19. The smallest absolute Gasteiger partial charge is 0.326 e. The van der Waals surface area contributed by atoms with Crippen LogP contribution < -0.4 is 19.1 Å². The Balaban J connectivity index is 1.90. The lowest BCUT2D eigenvalue weighted by atomic mass is 10.1. The second-order valence-corrected chi connectivity index (χ2v) is 6.36. The molecule has 0 fully saturated rings. The van der Waals surface area contributed by atoms with E-state index in [0.717, 1.165) is 22.3 Å². The van der Waals surface area contributed by atoms with Gasteiger partial charge in [-0.05, 0) is 42.0 Å². The third kappa shape index (κ3) is 3.98. The van der Waals surface area contributed by atoms with Crippen LogP contribution in [0.5, 0.6) is 17.2 Å². The average Bonchev–Trinajstić information content (AvgIpc) is 2.70. The predicted molar refractivity (Wildman–Crippen MR) is 105 cm³/mol. The Morgan fingerprint density at radius 2 is 1.74 bits per heavy atom. The first-order chi connectivity index (χ1) is 13.0. The molecule has 6 nitrogen and oxygen atoms in total. The van der Waals surface area contributed by atoms with Gasteiger partial charge in [-0.25, -0.2) is 0 Å². The number of carbonyl (C=O) groups is 1. The maximum Gasteiger partial charge on any atom is 0.326 e. The molecule has 0 saturated heterocycles. The zero-order valence-corrected chi connectivity index (χ0v) is 15.8. The summed E-state index contributed by atoms with van der Waals surface area (Å²) >= 11 is 1.00. The maximum absolute atomic E-state index is 12.5. The quantitative estimate of drug-likeness (QED) is 0.478. The molecule has 0 bridgehead atoms. The number of carbonyl (C=O) groups excluding carboxylic acids is 1. The zero-order chi connectivity index (χ0) is 19.4. The highest BCUT2D eigenvalue weighted by atomic mass is 32.1. The molecule has 0 saturated carbocycles. The minimum absolute atomic E-state index is 0.165. The van der Waals surface area contributed by atoms with E-state index in [9.17, 15) is 9.59 Å². The van der Waals surface area contributed by atoms with Gasteiger partial charge < -0.3 is 14.2 Å². The number of nitrogens with zero attached hydrogens (tertiary/aromatic N) is 1. The van der Waals surface area contributed by atoms with Gasteiger partial charge in [0.2, 0.25) is 5.75 Å². The van der Waals surface area contributed by atoms with Crippen molar-refractivity contribution in [2.24, 2.45) is 0 Å². The average molecular weight is 383 g/mol. The summed E-state index contributed by atoms with van der Waals surface area (Å²) in [5.41, 5.74) is 1.82. The molecule has 0 aliphatic heterocycles. The minimum Gasteiger partial charge on any atom is -0.493 e. The van der Waals surface area contributed by atoms with Crippen molar-refractivity contribution in [3.8, 4) is 17.2 Å². The second kappa shape index (κ2) is 8.01. The third-order valence-electron chi connectivity index (χ3n) is 3.92. The summed E-state index contributed by atoms with van der Waals surface area (Å²) in [7, 11) is 4.60. The zero-order valence-electron chi connectivity index (χ0n) is 15.0. The van der Waals surface area contributed by atoms with Crippen LogP contribution in [0.4, 0.5) is 0 Å². The SMILES string of the molecule is COc1cc(C=CC(=O)c2ccc3nc(=O)scc3c2)cc(OC)c1OC. The molecule has 0 aliphatic carbocycles. The molecule has 7 heteroatoms. The molecule has 0 N–H and O–H groups in total. The van der Waals surface area contributed by atoms with Gasteiger partial charge in [-0.3, -0.25) is 9.59 Å². The number of ketones is 1. The number of hydrogen-bond acceptors (Lipinski definition) is 7. The Labute approximate surface area is 159 Å². The fraction of sp³-hybridized carbons (Fsp3) is 0.150. The van der Waals surface area contributed by atoms with Crippen LogP contribution in [0, 0.1) is 0 Å². The fourth-order valence-electron chi connectivity index (χ4n) is 2.61. The molecule has 3 rings (SSSR count). The first kappa shape index (κ1) is 18.6.